The number of hydrogen-bond donors (Lipinski definition) is 2. The zero-order valence-electron chi connectivity index (χ0n) is 15.0. The van der Waals surface area contributed by atoms with Gasteiger partial charge in [0.2, 0.25) is 11.8 Å². The molecule has 1 aromatic carbocycles. The first-order valence-electron chi connectivity index (χ1n) is 8.49. The monoisotopic (exact) mass is 366 g/mol. The van der Waals surface area contributed by atoms with Crippen molar-refractivity contribution in [1.29, 1.82) is 0 Å². The van der Waals surface area contributed by atoms with Crippen molar-refractivity contribution in [2.75, 3.05) is 12.3 Å². The summed E-state index contributed by atoms with van der Waals surface area (Å²) in [6.45, 7) is 5.37. The molecular weight excluding hydrogens is 340 g/mol. The highest BCUT2D eigenvalue weighted by molar-refractivity contribution is 7.91. The van der Waals surface area contributed by atoms with E-state index in [1.165, 1.54) is 5.56 Å². The molecule has 0 saturated carbocycles. The van der Waals surface area contributed by atoms with E-state index in [0.29, 0.717) is 0 Å². The summed E-state index contributed by atoms with van der Waals surface area (Å²) in [6, 6.07) is 5.21. The van der Waals surface area contributed by atoms with Gasteiger partial charge >= 0.3 is 0 Å². The largest absolute Gasteiger partial charge is 0.350 e. The van der Waals surface area contributed by atoms with Gasteiger partial charge in [-0.15, -0.1) is 0 Å². The average Bonchev–Trinajstić information content (AvgIpc) is 2.97. The van der Waals surface area contributed by atoms with Crippen LogP contribution in [0.1, 0.15) is 44.7 Å². The Kier molecular flexibility index (Phi) is 5.87. The Hall–Kier alpha value is -1.89. The summed E-state index contributed by atoms with van der Waals surface area (Å²) in [5.74, 6) is -1.02. The second kappa shape index (κ2) is 7.56. The molecular formula is C18H26N2O4S. The van der Waals surface area contributed by atoms with Gasteiger partial charge in [-0.3, -0.25) is 9.59 Å². The van der Waals surface area contributed by atoms with Crippen LogP contribution in [0.15, 0.2) is 23.1 Å². The van der Waals surface area contributed by atoms with Crippen molar-refractivity contribution < 1.29 is 18.0 Å². The molecule has 0 saturated heterocycles. The van der Waals surface area contributed by atoms with E-state index in [2.05, 4.69) is 10.6 Å². The molecule has 25 heavy (non-hydrogen) atoms. The Balaban J connectivity index is 1.85. The van der Waals surface area contributed by atoms with Crippen LogP contribution in [0.3, 0.4) is 0 Å². The lowest BCUT2D eigenvalue weighted by Gasteiger charge is -2.20. The highest BCUT2D eigenvalue weighted by Gasteiger charge is 2.20. The van der Waals surface area contributed by atoms with Crippen LogP contribution >= 0.6 is 0 Å². The van der Waals surface area contributed by atoms with Crippen molar-refractivity contribution in [3.8, 4) is 0 Å². The Morgan fingerprint density at radius 1 is 1.08 bits per heavy atom. The van der Waals surface area contributed by atoms with E-state index in [0.717, 1.165) is 24.8 Å². The van der Waals surface area contributed by atoms with Crippen LogP contribution in [-0.2, 0) is 32.3 Å². The predicted octanol–water partition coefficient (Wildman–Crippen LogP) is 1.37. The van der Waals surface area contributed by atoms with Crippen molar-refractivity contribution in [2.45, 2.75) is 56.9 Å². The standard InChI is InChI=1S/C18H26N2O4S/c1-18(2,3)20-17(22)12-19-16(21)9-10-25(23,24)15-8-7-13-5-4-6-14(13)11-15/h7-8,11H,4-6,9-10,12H2,1-3H3,(H,19,21)(H,20,22). The number of nitrogens with one attached hydrogen (secondary N) is 2. The van der Waals surface area contributed by atoms with Crippen LogP contribution in [-0.4, -0.2) is 38.1 Å². The highest BCUT2D eigenvalue weighted by Crippen LogP contribution is 2.25. The Labute approximate surface area is 149 Å². The fourth-order valence-corrected chi connectivity index (χ4v) is 4.10. The van der Waals surface area contributed by atoms with Gasteiger partial charge in [-0.25, -0.2) is 8.42 Å². The topological polar surface area (TPSA) is 92.3 Å². The Morgan fingerprint density at radius 3 is 2.44 bits per heavy atom. The van der Waals surface area contributed by atoms with Crippen LogP contribution < -0.4 is 10.6 Å². The number of rotatable bonds is 6. The summed E-state index contributed by atoms with van der Waals surface area (Å²) in [4.78, 5) is 23.7. The molecule has 7 heteroatoms. The lowest BCUT2D eigenvalue weighted by Crippen LogP contribution is -2.46. The molecule has 2 rings (SSSR count). The third-order valence-corrected chi connectivity index (χ3v) is 5.70. The molecule has 1 aliphatic rings. The van der Waals surface area contributed by atoms with Crippen LogP contribution in [0, 0.1) is 0 Å². The second-order valence-electron chi connectivity index (χ2n) is 7.43. The normalized spacial score (nSPS) is 14.0. The van der Waals surface area contributed by atoms with Crippen LogP contribution in [0.2, 0.25) is 0 Å². The van der Waals surface area contributed by atoms with E-state index in [1.54, 1.807) is 12.1 Å². The molecule has 1 aliphatic carbocycles. The number of carbonyl (C=O) groups excluding carboxylic acids is 2. The second-order valence-corrected chi connectivity index (χ2v) is 9.54. The van der Waals surface area contributed by atoms with Gasteiger partial charge in [0, 0.05) is 12.0 Å². The maximum absolute atomic E-state index is 12.4. The summed E-state index contributed by atoms with van der Waals surface area (Å²) >= 11 is 0. The zero-order valence-corrected chi connectivity index (χ0v) is 15.8. The first-order chi connectivity index (χ1) is 11.6. The summed E-state index contributed by atoms with van der Waals surface area (Å²) < 4.78 is 24.8. The molecule has 0 spiro atoms. The van der Waals surface area contributed by atoms with E-state index < -0.39 is 15.7 Å². The molecule has 6 nitrogen and oxygen atoms in total. The molecule has 0 bridgehead atoms. The number of benzene rings is 1. The minimum absolute atomic E-state index is 0.158. The maximum atomic E-state index is 12.4. The van der Waals surface area contributed by atoms with Gasteiger partial charge in [-0.05, 0) is 63.3 Å². The van der Waals surface area contributed by atoms with E-state index in [9.17, 15) is 18.0 Å². The number of sulfone groups is 1. The fraction of sp³-hybridized carbons (Fsp3) is 0.556. The van der Waals surface area contributed by atoms with Gasteiger partial charge in [-0.2, -0.15) is 0 Å². The number of fused-ring (bicyclic) bond motifs is 1. The summed E-state index contributed by atoms with van der Waals surface area (Å²) in [5, 5.41) is 5.18. The number of carbonyl (C=O) groups is 2. The number of hydrogen-bond acceptors (Lipinski definition) is 4. The minimum atomic E-state index is -3.51. The van der Waals surface area contributed by atoms with Gasteiger partial charge in [0.1, 0.15) is 0 Å². The summed E-state index contributed by atoms with van der Waals surface area (Å²) in [5.41, 5.74) is 1.92. The quantitative estimate of drug-likeness (QED) is 0.795. The fourth-order valence-electron chi connectivity index (χ4n) is 2.82. The third-order valence-electron chi connectivity index (χ3n) is 3.99. The van der Waals surface area contributed by atoms with Crippen molar-refractivity contribution in [1.82, 2.24) is 10.6 Å². The Morgan fingerprint density at radius 2 is 1.76 bits per heavy atom. The van der Waals surface area contributed by atoms with Crippen molar-refractivity contribution in [3.63, 3.8) is 0 Å². The molecule has 0 atom stereocenters. The molecule has 2 N–H and O–H groups in total. The smallest absolute Gasteiger partial charge is 0.239 e. The van der Waals surface area contributed by atoms with Gasteiger partial charge in [-0.1, -0.05) is 6.07 Å². The molecule has 0 aromatic heterocycles. The Bertz CT molecular complexity index is 764. The van der Waals surface area contributed by atoms with Gasteiger partial charge in [0.05, 0.1) is 17.2 Å². The highest BCUT2D eigenvalue weighted by atomic mass is 32.2. The maximum Gasteiger partial charge on any atom is 0.239 e. The average molecular weight is 366 g/mol. The molecule has 138 valence electrons. The minimum Gasteiger partial charge on any atom is -0.350 e. The van der Waals surface area contributed by atoms with E-state index >= 15 is 0 Å². The van der Waals surface area contributed by atoms with E-state index in [-0.39, 0.29) is 35.1 Å². The zero-order chi connectivity index (χ0) is 18.7. The number of amides is 2. The lowest BCUT2D eigenvalue weighted by molar-refractivity contribution is -0.126. The molecule has 0 fully saturated rings. The lowest BCUT2D eigenvalue weighted by atomic mass is 10.1. The van der Waals surface area contributed by atoms with E-state index in [4.69, 9.17) is 0 Å². The van der Waals surface area contributed by atoms with Gasteiger partial charge in [0.15, 0.2) is 9.84 Å². The molecule has 1 aromatic rings. The van der Waals surface area contributed by atoms with Crippen LogP contribution in [0.4, 0.5) is 0 Å². The van der Waals surface area contributed by atoms with Crippen LogP contribution in [0.25, 0.3) is 0 Å². The first kappa shape index (κ1) is 19.4. The summed E-state index contributed by atoms with van der Waals surface area (Å²) in [6.07, 6.45) is 2.79. The summed E-state index contributed by atoms with van der Waals surface area (Å²) in [7, 11) is -3.51. The van der Waals surface area contributed by atoms with Crippen molar-refractivity contribution in [3.05, 3.63) is 29.3 Å². The molecule has 2 amide bonds. The number of aryl methyl sites for hydroxylation is 2. The first-order valence-corrected chi connectivity index (χ1v) is 10.1. The molecule has 0 radical (unpaired) electrons. The van der Waals surface area contributed by atoms with Gasteiger partial charge in [0.25, 0.3) is 0 Å². The van der Waals surface area contributed by atoms with Crippen molar-refractivity contribution >= 4 is 21.7 Å². The molecule has 0 heterocycles. The van der Waals surface area contributed by atoms with E-state index in [1.807, 2.05) is 26.8 Å². The predicted molar refractivity (Wildman–Crippen MR) is 96.0 cm³/mol. The van der Waals surface area contributed by atoms with Crippen LogP contribution in [0.5, 0.6) is 0 Å². The molecule has 0 unspecified atom stereocenters. The molecule has 0 aliphatic heterocycles. The van der Waals surface area contributed by atoms with Gasteiger partial charge < -0.3 is 10.6 Å². The van der Waals surface area contributed by atoms with Crippen molar-refractivity contribution in [2.24, 2.45) is 0 Å². The third kappa shape index (κ3) is 5.85. The SMILES string of the molecule is CC(C)(C)NC(=O)CNC(=O)CCS(=O)(=O)c1ccc2c(c1)CCC2.